The minimum absolute atomic E-state index is 0.0226. The normalized spacial score (nSPS) is 14.2. The number of hydrogen-bond acceptors (Lipinski definition) is 5. The molecule has 1 saturated heterocycles. The van der Waals surface area contributed by atoms with Crippen molar-refractivity contribution in [1.29, 1.82) is 0 Å². The Labute approximate surface area is 145 Å². The summed E-state index contributed by atoms with van der Waals surface area (Å²) in [7, 11) is 0. The van der Waals surface area contributed by atoms with Crippen LogP contribution in [0.15, 0.2) is 23.4 Å². The fourth-order valence-electron chi connectivity index (χ4n) is 2.75. The SMILES string of the molecule is Cc1cc(SCC(=O)c2c[nH]c(C(=O)N3CCCC3)c2)nc(C)n1. The van der Waals surface area contributed by atoms with Crippen molar-refractivity contribution in [3.63, 3.8) is 0 Å². The number of aromatic nitrogens is 3. The molecule has 0 bridgehead atoms. The van der Waals surface area contributed by atoms with E-state index in [1.165, 1.54) is 11.8 Å². The second-order valence-corrected chi connectivity index (χ2v) is 6.90. The van der Waals surface area contributed by atoms with Crippen molar-refractivity contribution >= 4 is 23.5 Å². The van der Waals surface area contributed by atoms with Gasteiger partial charge >= 0.3 is 0 Å². The summed E-state index contributed by atoms with van der Waals surface area (Å²) in [6.07, 6.45) is 3.71. The lowest BCUT2D eigenvalue weighted by Crippen LogP contribution is -2.27. The van der Waals surface area contributed by atoms with Crippen molar-refractivity contribution < 1.29 is 9.59 Å². The number of carbonyl (C=O) groups is 2. The van der Waals surface area contributed by atoms with E-state index in [4.69, 9.17) is 0 Å². The number of nitrogens with zero attached hydrogens (tertiary/aromatic N) is 3. The molecule has 0 spiro atoms. The van der Waals surface area contributed by atoms with Crippen molar-refractivity contribution in [3.8, 4) is 0 Å². The molecule has 1 aliphatic heterocycles. The molecule has 126 valence electrons. The van der Waals surface area contributed by atoms with Crippen molar-refractivity contribution in [3.05, 3.63) is 41.1 Å². The highest BCUT2D eigenvalue weighted by atomic mass is 32.2. The zero-order chi connectivity index (χ0) is 17.1. The molecule has 0 aromatic carbocycles. The Bertz CT molecular complexity index is 745. The first-order valence-electron chi connectivity index (χ1n) is 7.99. The third-order valence-corrected chi connectivity index (χ3v) is 4.83. The van der Waals surface area contributed by atoms with Gasteiger partial charge in [0, 0.05) is 30.5 Å². The fraction of sp³-hybridized carbons (Fsp3) is 0.412. The summed E-state index contributed by atoms with van der Waals surface area (Å²) in [5, 5.41) is 0.789. The zero-order valence-corrected chi connectivity index (χ0v) is 14.7. The first-order chi connectivity index (χ1) is 11.5. The molecule has 3 rings (SSSR count). The third kappa shape index (κ3) is 3.84. The molecule has 0 aliphatic carbocycles. The van der Waals surface area contributed by atoms with Crippen molar-refractivity contribution in [2.75, 3.05) is 18.8 Å². The maximum atomic E-state index is 12.3. The van der Waals surface area contributed by atoms with Gasteiger partial charge in [-0.15, -0.1) is 0 Å². The predicted molar refractivity (Wildman–Crippen MR) is 92.5 cm³/mol. The lowest BCUT2D eigenvalue weighted by Gasteiger charge is -2.13. The summed E-state index contributed by atoms with van der Waals surface area (Å²) in [6.45, 7) is 5.33. The van der Waals surface area contributed by atoms with Gasteiger partial charge in [-0.25, -0.2) is 9.97 Å². The summed E-state index contributed by atoms with van der Waals surface area (Å²) in [4.78, 5) is 37.9. The number of carbonyl (C=O) groups excluding carboxylic acids is 2. The Balaban J connectivity index is 1.62. The average Bonchev–Trinajstić information content (AvgIpc) is 3.22. The van der Waals surface area contributed by atoms with Crippen LogP contribution < -0.4 is 0 Å². The quantitative estimate of drug-likeness (QED) is 0.512. The number of aryl methyl sites for hydroxylation is 2. The number of thioether (sulfide) groups is 1. The van der Waals surface area contributed by atoms with Crippen LogP contribution in [0.4, 0.5) is 0 Å². The molecule has 6 nitrogen and oxygen atoms in total. The molecule has 7 heteroatoms. The number of likely N-dealkylation sites (tertiary alicyclic amines) is 1. The Kier molecular flexibility index (Phi) is 4.99. The number of amides is 1. The molecule has 2 aromatic rings. The van der Waals surface area contributed by atoms with Gasteiger partial charge in [0.25, 0.3) is 5.91 Å². The van der Waals surface area contributed by atoms with Crippen LogP contribution in [0.5, 0.6) is 0 Å². The predicted octanol–water partition coefficient (Wildman–Crippen LogP) is 2.63. The number of hydrogen-bond donors (Lipinski definition) is 1. The first kappa shape index (κ1) is 16.7. The lowest BCUT2D eigenvalue weighted by atomic mass is 10.2. The van der Waals surface area contributed by atoms with Gasteiger partial charge in [-0.05, 0) is 38.8 Å². The number of rotatable bonds is 5. The van der Waals surface area contributed by atoms with Crippen LogP contribution in [0.1, 0.15) is 45.2 Å². The van der Waals surface area contributed by atoms with E-state index < -0.39 is 0 Å². The molecule has 1 fully saturated rings. The topological polar surface area (TPSA) is 79.0 Å². The molecule has 24 heavy (non-hydrogen) atoms. The molecule has 0 atom stereocenters. The van der Waals surface area contributed by atoms with E-state index in [0.29, 0.717) is 17.1 Å². The summed E-state index contributed by atoms with van der Waals surface area (Å²) in [6, 6.07) is 3.52. The van der Waals surface area contributed by atoms with Gasteiger partial charge < -0.3 is 9.88 Å². The summed E-state index contributed by atoms with van der Waals surface area (Å²) < 4.78 is 0. The number of Topliss-reactive ketones (excluding diaryl/α,β-unsaturated/α-hetero) is 1. The van der Waals surface area contributed by atoms with Gasteiger partial charge in [0.2, 0.25) is 0 Å². The first-order valence-corrected chi connectivity index (χ1v) is 8.97. The fourth-order valence-corrected chi connectivity index (χ4v) is 3.65. The van der Waals surface area contributed by atoms with Gasteiger partial charge in [0.05, 0.1) is 5.75 Å². The Morgan fingerprint density at radius 2 is 1.96 bits per heavy atom. The molecule has 2 aromatic heterocycles. The van der Waals surface area contributed by atoms with E-state index in [9.17, 15) is 9.59 Å². The van der Waals surface area contributed by atoms with Crippen LogP contribution in [-0.4, -0.2) is 50.4 Å². The average molecular weight is 344 g/mol. The molecule has 1 N–H and O–H groups in total. The smallest absolute Gasteiger partial charge is 0.270 e. The van der Waals surface area contributed by atoms with Gasteiger partial charge in [-0.3, -0.25) is 9.59 Å². The minimum Gasteiger partial charge on any atom is -0.356 e. The van der Waals surface area contributed by atoms with Crippen molar-refractivity contribution in [2.24, 2.45) is 0 Å². The number of H-pyrrole nitrogens is 1. The molecule has 1 aliphatic rings. The number of ketones is 1. The molecule has 1 amide bonds. The van der Waals surface area contributed by atoms with E-state index in [0.717, 1.165) is 36.7 Å². The van der Waals surface area contributed by atoms with E-state index in [1.807, 2.05) is 24.8 Å². The summed E-state index contributed by atoms with van der Waals surface area (Å²) in [5.41, 5.74) is 1.91. The molecule has 0 saturated carbocycles. The van der Waals surface area contributed by atoms with E-state index in [1.54, 1.807) is 12.3 Å². The third-order valence-electron chi connectivity index (χ3n) is 3.92. The Morgan fingerprint density at radius 1 is 1.21 bits per heavy atom. The van der Waals surface area contributed by atoms with Crippen LogP contribution in [0, 0.1) is 13.8 Å². The van der Waals surface area contributed by atoms with Gasteiger partial charge in [-0.1, -0.05) is 11.8 Å². The van der Waals surface area contributed by atoms with Crippen LogP contribution in [-0.2, 0) is 0 Å². The van der Waals surface area contributed by atoms with Gasteiger partial charge in [-0.2, -0.15) is 0 Å². The molecular formula is C17H20N4O2S. The Hall–Kier alpha value is -2.15. The molecule has 3 heterocycles. The van der Waals surface area contributed by atoms with Crippen LogP contribution in [0.2, 0.25) is 0 Å². The minimum atomic E-state index is -0.0266. The van der Waals surface area contributed by atoms with Crippen LogP contribution >= 0.6 is 11.8 Å². The van der Waals surface area contributed by atoms with Gasteiger partial charge in [0.15, 0.2) is 5.78 Å². The second-order valence-electron chi connectivity index (χ2n) is 5.91. The maximum absolute atomic E-state index is 12.3. The van der Waals surface area contributed by atoms with Gasteiger partial charge in [0.1, 0.15) is 16.5 Å². The van der Waals surface area contributed by atoms with Crippen LogP contribution in [0.25, 0.3) is 0 Å². The molecule has 0 radical (unpaired) electrons. The summed E-state index contributed by atoms with van der Waals surface area (Å²) in [5.74, 6) is 0.933. The second kappa shape index (κ2) is 7.17. The highest BCUT2D eigenvalue weighted by Crippen LogP contribution is 2.19. The zero-order valence-electron chi connectivity index (χ0n) is 13.8. The van der Waals surface area contributed by atoms with Crippen LogP contribution in [0.3, 0.4) is 0 Å². The highest BCUT2D eigenvalue weighted by molar-refractivity contribution is 7.99. The summed E-state index contributed by atoms with van der Waals surface area (Å²) >= 11 is 1.38. The monoisotopic (exact) mass is 344 g/mol. The van der Waals surface area contributed by atoms with E-state index in [-0.39, 0.29) is 17.4 Å². The van der Waals surface area contributed by atoms with Crippen molar-refractivity contribution in [1.82, 2.24) is 19.9 Å². The maximum Gasteiger partial charge on any atom is 0.270 e. The highest BCUT2D eigenvalue weighted by Gasteiger charge is 2.21. The number of aromatic amines is 1. The molecular weight excluding hydrogens is 324 g/mol. The standard InChI is InChI=1S/C17H20N4O2S/c1-11-7-16(20-12(2)19-11)24-10-15(22)13-8-14(18-9-13)17(23)21-5-3-4-6-21/h7-9,18H,3-6,10H2,1-2H3. The largest absolute Gasteiger partial charge is 0.356 e. The van der Waals surface area contributed by atoms with E-state index >= 15 is 0 Å². The Morgan fingerprint density at radius 3 is 2.67 bits per heavy atom. The molecule has 0 unspecified atom stereocenters. The van der Waals surface area contributed by atoms with Crippen molar-refractivity contribution in [2.45, 2.75) is 31.7 Å². The number of nitrogens with one attached hydrogen (secondary N) is 1. The lowest BCUT2D eigenvalue weighted by molar-refractivity contribution is 0.0787. The van der Waals surface area contributed by atoms with E-state index in [2.05, 4.69) is 15.0 Å².